The maximum Gasteiger partial charge on any atom is 0.213 e. The van der Waals surface area contributed by atoms with Gasteiger partial charge in [0, 0.05) is 5.56 Å². The van der Waals surface area contributed by atoms with Crippen LogP contribution in [0.25, 0.3) is 5.69 Å². The van der Waals surface area contributed by atoms with Crippen LogP contribution in [0.4, 0.5) is 17.2 Å². The summed E-state index contributed by atoms with van der Waals surface area (Å²) in [5.74, 6) is 2.58. The molecule has 1 aromatic heterocycles. The van der Waals surface area contributed by atoms with Gasteiger partial charge in [0.25, 0.3) is 0 Å². The predicted octanol–water partition coefficient (Wildman–Crippen LogP) is 6.81. The highest BCUT2D eigenvalue weighted by Gasteiger charge is 2.44. The molecule has 3 heterocycles. The number of rotatable bonds is 5. The monoisotopic (exact) mass is 497 g/mol. The highest BCUT2D eigenvalue weighted by atomic mass is 16.5. The quantitative estimate of drug-likeness (QED) is 0.268. The summed E-state index contributed by atoms with van der Waals surface area (Å²) in [5, 5.41) is 5.01. The number of fused-ring (bicyclic) bond motifs is 4. The fourth-order valence-corrected chi connectivity index (χ4v) is 5.59. The summed E-state index contributed by atoms with van der Waals surface area (Å²) >= 11 is 0. The van der Waals surface area contributed by atoms with E-state index >= 15 is 0 Å². The van der Waals surface area contributed by atoms with Gasteiger partial charge in [-0.1, -0.05) is 72.8 Å². The van der Waals surface area contributed by atoms with E-state index in [0.29, 0.717) is 6.54 Å². The van der Waals surface area contributed by atoms with Crippen LogP contribution in [0.5, 0.6) is 5.75 Å². The maximum absolute atomic E-state index is 5.64. The average Bonchev–Trinajstić information content (AvgIpc) is 3.47. The molecule has 0 aliphatic carbocycles. The van der Waals surface area contributed by atoms with Gasteiger partial charge in [-0.05, 0) is 54.4 Å². The Labute approximate surface area is 222 Å². The van der Waals surface area contributed by atoms with Crippen LogP contribution in [0.15, 0.2) is 114 Å². The van der Waals surface area contributed by atoms with Crippen LogP contribution in [0, 0.1) is 6.92 Å². The van der Waals surface area contributed by atoms with Gasteiger partial charge in [-0.15, -0.1) is 0 Å². The van der Waals surface area contributed by atoms with Gasteiger partial charge in [0.1, 0.15) is 5.75 Å². The summed E-state index contributed by atoms with van der Waals surface area (Å²) in [5.41, 5.74) is 7.68. The van der Waals surface area contributed by atoms with Gasteiger partial charge < -0.3 is 9.64 Å². The van der Waals surface area contributed by atoms with Crippen LogP contribution in [-0.4, -0.2) is 22.8 Å². The summed E-state index contributed by atoms with van der Waals surface area (Å²) in [4.78, 5) is 10.0. The summed E-state index contributed by atoms with van der Waals surface area (Å²) in [6.07, 6.45) is 0. The molecule has 2 aliphatic rings. The maximum atomic E-state index is 5.64. The van der Waals surface area contributed by atoms with Crippen molar-refractivity contribution < 1.29 is 4.74 Å². The zero-order valence-corrected chi connectivity index (χ0v) is 21.3. The number of hydrogen-bond donors (Lipinski definition) is 0. The largest absolute Gasteiger partial charge is 0.497 e. The Bertz CT molecular complexity index is 1660. The Morgan fingerprint density at radius 2 is 1.50 bits per heavy atom. The molecule has 5 aromatic rings. The number of methoxy groups -OCH3 is 1. The van der Waals surface area contributed by atoms with Gasteiger partial charge in [-0.2, -0.15) is 10.1 Å². The van der Waals surface area contributed by atoms with Crippen molar-refractivity contribution >= 4 is 23.2 Å². The number of para-hydroxylation sites is 3. The molecule has 186 valence electrons. The van der Waals surface area contributed by atoms with E-state index in [-0.39, 0.29) is 6.04 Å². The van der Waals surface area contributed by atoms with Gasteiger partial charge in [0.05, 0.1) is 42.5 Å². The van der Waals surface area contributed by atoms with E-state index in [1.165, 1.54) is 5.56 Å². The van der Waals surface area contributed by atoms with Crippen molar-refractivity contribution in [1.29, 1.82) is 0 Å². The minimum absolute atomic E-state index is 0.119. The molecule has 0 saturated carbocycles. The number of ether oxygens (including phenoxy) is 1. The van der Waals surface area contributed by atoms with Crippen molar-refractivity contribution in [2.24, 2.45) is 4.99 Å². The zero-order chi connectivity index (χ0) is 25.6. The van der Waals surface area contributed by atoms with E-state index < -0.39 is 0 Å². The first-order valence-corrected chi connectivity index (χ1v) is 12.8. The smallest absolute Gasteiger partial charge is 0.213 e. The molecule has 0 N–H and O–H groups in total. The number of guanidine groups is 1. The number of benzene rings is 4. The third-order valence-electron chi connectivity index (χ3n) is 7.30. The van der Waals surface area contributed by atoms with Crippen molar-refractivity contribution in [1.82, 2.24) is 9.78 Å². The van der Waals surface area contributed by atoms with Gasteiger partial charge in [-0.25, -0.2) is 4.68 Å². The first-order chi connectivity index (χ1) is 18.7. The molecule has 2 aliphatic heterocycles. The number of nitrogens with zero attached hydrogens (tertiary/aromatic N) is 5. The van der Waals surface area contributed by atoms with Crippen LogP contribution in [-0.2, 0) is 6.54 Å². The Morgan fingerprint density at radius 3 is 2.26 bits per heavy atom. The fourth-order valence-electron chi connectivity index (χ4n) is 5.59. The molecule has 38 heavy (non-hydrogen) atoms. The molecular formula is C32H27N5O. The summed E-state index contributed by atoms with van der Waals surface area (Å²) in [7, 11) is 1.71. The third kappa shape index (κ3) is 3.49. The number of aliphatic imine (C=N–C) groups is 1. The number of anilines is 2. The standard InChI is InChI=1S/C32H27N5O/c1-22-29-30(24-14-11-17-26(20-24)38-2)36-28-19-10-9-18-27(28)35(21-23-12-5-3-6-13-23)32(36)33-31(29)37(34-22)25-15-7-4-8-16-25/h3-20,30H,21H2,1-2H3/t30-/m1/s1. The Hall–Kier alpha value is -4.84. The van der Waals surface area contributed by atoms with Gasteiger partial charge in [0.15, 0.2) is 5.82 Å². The van der Waals surface area contributed by atoms with Crippen LogP contribution in [0.3, 0.4) is 0 Å². The molecule has 0 spiro atoms. The molecular weight excluding hydrogens is 470 g/mol. The second kappa shape index (κ2) is 8.92. The lowest BCUT2D eigenvalue weighted by molar-refractivity contribution is 0.414. The molecule has 0 radical (unpaired) electrons. The topological polar surface area (TPSA) is 45.9 Å². The minimum atomic E-state index is -0.119. The summed E-state index contributed by atoms with van der Waals surface area (Å²) in [6.45, 7) is 2.79. The Balaban J connectivity index is 1.49. The van der Waals surface area contributed by atoms with Crippen molar-refractivity contribution in [2.75, 3.05) is 16.9 Å². The molecule has 0 unspecified atom stereocenters. The van der Waals surface area contributed by atoms with Crippen molar-refractivity contribution in [3.05, 3.63) is 132 Å². The second-order valence-corrected chi connectivity index (χ2v) is 9.59. The van der Waals surface area contributed by atoms with Crippen LogP contribution < -0.4 is 14.5 Å². The Kier molecular flexibility index (Phi) is 5.25. The molecule has 4 aromatic carbocycles. The fraction of sp³-hybridized carbons (Fsp3) is 0.125. The second-order valence-electron chi connectivity index (χ2n) is 9.59. The predicted molar refractivity (Wildman–Crippen MR) is 152 cm³/mol. The minimum Gasteiger partial charge on any atom is -0.497 e. The van der Waals surface area contributed by atoms with Crippen LogP contribution in [0.2, 0.25) is 0 Å². The molecule has 6 nitrogen and oxygen atoms in total. The molecule has 6 heteroatoms. The van der Waals surface area contributed by atoms with Crippen molar-refractivity contribution in [3.63, 3.8) is 0 Å². The van der Waals surface area contributed by atoms with Crippen molar-refractivity contribution in [2.45, 2.75) is 19.5 Å². The van der Waals surface area contributed by atoms with E-state index in [2.05, 4.69) is 102 Å². The average molecular weight is 498 g/mol. The summed E-state index contributed by atoms with van der Waals surface area (Å²) < 4.78 is 7.62. The van der Waals surface area contributed by atoms with Gasteiger partial charge in [0.2, 0.25) is 5.96 Å². The molecule has 0 saturated heterocycles. The first-order valence-electron chi connectivity index (χ1n) is 12.8. The van der Waals surface area contributed by atoms with Gasteiger partial charge >= 0.3 is 0 Å². The molecule has 0 bridgehead atoms. The SMILES string of the molecule is COc1cccc([C@@H]2c3c(C)nn(-c4ccccc4)c3N=C3N(Cc4ccccc4)c4ccccc4N32)c1. The highest BCUT2D eigenvalue weighted by Crippen LogP contribution is 2.51. The lowest BCUT2D eigenvalue weighted by Gasteiger charge is -2.35. The molecule has 0 fully saturated rings. The Morgan fingerprint density at radius 1 is 0.789 bits per heavy atom. The van der Waals surface area contributed by atoms with Gasteiger partial charge in [-0.3, -0.25) is 4.90 Å². The van der Waals surface area contributed by atoms with E-state index in [9.17, 15) is 0 Å². The lowest BCUT2D eigenvalue weighted by atomic mass is 9.95. The normalized spacial score (nSPS) is 15.5. The van der Waals surface area contributed by atoms with E-state index in [4.69, 9.17) is 14.8 Å². The zero-order valence-electron chi connectivity index (χ0n) is 21.3. The molecule has 0 amide bonds. The molecule has 1 atom stereocenters. The van der Waals surface area contributed by atoms with Crippen LogP contribution in [0.1, 0.15) is 28.4 Å². The summed E-state index contributed by atoms with van der Waals surface area (Å²) in [6, 6.07) is 37.6. The number of hydrogen-bond acceptors (Lipinski definition) is 5. The van der Waals surface area contributed by atoms with Crippen LogP contribution >= 0.6 is 0 Å². The van der Waals surface area contributed by atoms with E-state index in [1.54, 1.807) is 7.11 Å². The number of aryl methyl sites for hydroxylation is 1. The highest BCUT2D eigenvalue weighted by molar-refractivity contribution is 6.18. The lowest BCUT2D eigenvalue weighted by Crippen LogP contribution is -2.42. The van der Waals surface area contributed by atoms with E-state index in [0.717, 1.165) is 51.4 Å². The third-order valence-corrected chi connectivity index (χ3v) is 7.30. The van der Waals surface area contributed by atoms with E-state index in [1.807, 2.05) is 28.9 Å². The molecule has 7 rings (SSSR count). The number of aromatic nitrogens is 2. The first kappa shape index (κ1) is 22.4. The van der Waals surface area contributed by atoms with Crippen molar-refractivity contribution in [3.8, 4) is 11.4 Å².